The largest absolute Gasteiger partial charge is 0.321 e. The Bertz CT molecular complexity index is 479. The van der Waals surface area contributed by atoms with Gasteiger partial charge in [-0.15, -0.1) is 0 Å². The third-order valence-electron chi connectivity index (χ3n) is 5.13. The van der Waals surface area contributed by atoms with Gasteiger partial charge in [0.1, 0.15) is 6.17 Å². The molecule has 0 aromatic carbocycles. The summed E-state index contributed by atoms with van der Waals surface area (Å²) in [6.07, 6.45) is 7.43. The highest BCUT2D eigenvalue weighted by atomic mass is 32.1. The van der Waals surface area contributed by atoms with Crippen LogP contribution in [0.2, 0.25) is 0 Å². The summed E-state index contributed by atoms with van der Waals surface area (Å²) in [6, 6.07) is 2.13. The molecule has 2 aliphatic rings. The Kier molecular flexibility index (Phi) is 4.36. The van der Waals surface area contributed by atoms with E-state index in [4.69, 9.17) is 0 Å². The molecule has 0 spiro atoms. The first kappa shape index (κ1) is 15.0. The number of thiophene rings is 1. The molecule has 1 saturated heterocycles. The third kappa shape index (κ3) is 3.02. The molecule has 1 aromatic rings. The van der Waals surface area contributed by atoms with Gasteiger partial charge in [0.2, 0.25) is 5.91 Å². The summed E-state index contributed by atoms with van der Waals surface area (Å²) in [4.78, 5) is 14.8. The van der Waals surface area contributed by atoms with E-state index >= 15 is 0 Å². The molecule has 1 amide bonds. The molecule has 1 N–H and O–H groups in total. The molecule has 0 bridgehead atoms. The summed E-state index contributed by atoms with van der Waals surface area (Å²) in [5.74, 6) is 0.292. The van der Waals surface area contributed by atoms with Crippen molar-refractivity contribution in [3.8, 4) is 0 Å². The molecule has 2 unspecified atom stereocenters. The second-order valence-electron chi connectivity index (χ2n) is 6.92. The minimum atomic E-state index is -0.0120. The van der Waals surface area contributed by atoms with Crippen molar-refractivity contribution in [1.29, 1.82) is 0 Å². The molecular formula is C17H26N2OS. The average molecular weight is 306 g/mol. The van der Waals surface area contributed by atoms with Crippen LogP contribution in [0.1, 0.15) is 64.1 Å². The molecular weight excluding hydrogens is 280 g/mol. The fraction of sp³-hybridized carbons (Fsp3) is 0.706. The van der Waals surface area contributed by atoms with Crippen LogP contribution in [0.15, 0.2) is 16.8 Å². The molecule has 3 rings (SSSR count). The Morgan fingerprint density at radius 1 is 1.38 bits per heavy atom. The molecule has 2 heterocycles. The Hall–Kier alpha value is -0.870. The van der Waals surface area contributed by atoms with Gasteiger partial charge in [-0.25, -0.2) is 0 Å². The van der Waals surface area contributed by atoms with Crippen LogP contribution in [0, 0.1) is 5.41 Å². The predicted octanol–water partition coefficient (Wildman–Crippen LogP) is 3.93. The van der Waals surface area contributed by atoms with E-state index in [2.05, 4.69) is 40.9 Å². The van der Waals surface area contributed by atoms with Crippen LogP contribution in [0.5, 0.6) is 0 Å². The highest BCUT2D eigenvalue weighted by Gasteiger charge is 2.42. The van der Waals surface area contributed by atoms with Gasteiger partial charge in [-0.2, -0.15) is 11.3 Å². The van der Waals surface area contributed by atoms with Crippen molar-refractivity contribution in [2.75, 3.05) is 6.54 Å². The van der Waals surface area contributed by atoms with E-state index in [-0.39, 0.29) is 12.2 Å². The first-order chi connectivity index (χ1) is 10.1. The van der Waals surface area contributed by atoms with E-state index in [1.165, 1.54) is 37.7 Å². The van der Waals surface area contributed by atoms with Gasteiger partial charge in [-0.05, 0) is 47.1 Å². The average Bonchev–Trinajstić information content (AvgIpc) is 3.09. The van der Waals surface area contributed by atoms with E-state index in [0.717, 1.165) is 13.0 Å². The number of carbonyl (C=O) groups excluding carboxylic acids is 1. The van der Waals surface area contributed by atoms with Gasteiger partial charge in [0.05, 0.1) is 6.04 Å². The topological polar surface area (TPSA) is 32.3 Å². The zero-order valence-electron chi connectivity index (χ0n) is 13.1. The van der Waals surface area contributed by atoms with Crippen molar-refractivity contribution in [2.45, 2.75) is 64.6 Å². The second kappa shape index (κ2) is 6.09. The lowest BCUT2D eigenvalue weighted by Crippen LogP contribution is -2.40. The molecule has 4 heteroatoms. The van der Waals surface area contributed by atoms with Crippen molar-refractivity contribution in [1.82, 2.24) is 10.2 Å². The lowest BCUT2D eigenvalue weighted by Gasteiger charge is -2.38. The van der Waals surface area contributed by atoms with Crippen LogP contribution in [-0.4, -0.2) is 23.4 Å². The monoisotopic (exact) mass is 306 g/mol. The Balaban J connectivity index is 1.80. The van der Waals surface area contributed by atoms with Crippen molar-refractivity contribution in [2.24, 2.45) is 5.41 Å². The standard InChI is InChI=1S/C17H26N2OS/c1-3-14-16(20)19(12-17(2)8-5-4-6-9-17)15(18-14)13-7-10-21-11-13/h7,10-11,14-15,18H,3-6,8-9,12H2,1-2H3. The van der Waals surface area contributed by atoms with Gasteiger partial charge in [-0.3, -0.25) is 10.1 Å². The van der Waals surface area contributed by atoms with E-state index in [9.17, 15) is 4.79 Å². The molecule has 1 aliphatic heterocycles. The number of amides is 1. The smallest absolute Gasteiger partial charge is 0.241 e. The van der Waals surface area contributed by atoms with Crippen LogP contribution in [0.4, 0.5) is 0 Å². The molecule has 116 valence electrons. The highest BCUT2D eigenvalue weighted by molar-refractivity contribution is 7.07. The van der Waals surface area contributed by atoms with E-state index < -0.39 is 0 Å². The molecule has 3 nitrogen and oxygen atoms in total. The molecule has 1 aliphatic carbocycles. The van der Waals surface area contributed by atoms with Crippen LogP contribution < -0.4 is 5.32 Å². The Morgan fingerprint density at radius 3 is 2.76 bits per heavy atom. The fourth-order valence-corrected chi connectivity index (χ4v) is 4.50. The number of rotatable bonds is 4. The highest BCUT2D eigenvalue weighted by Crippen LogP contribution is 2.39. The summed E-state index contributed by atoms with van der Waals surface area (Å²) in [7, 11) is 0. The maximum atomic E-state index is 12.7. The van der Waals surface area contributed by atoms with Crippen LogP contribution in [-0.2, 0) is 4.79 Å². The summed E-state index contributed by atoms with van der Waals surface area (Å²) >= 11 is 1.71. The van der Waals surface area contributed by atoms with Gasteiger partial charge >= 0.3 is 0 Å². The van der Waals surface area contributed by atoms with Crippen LogP contribution in [0.3, 0.4) is 0 Å². The summed E-state index contributed by atoms with van der Waals surface area (Å²) in [5, 5.41) is 7.80. The summed E-state index contributed by atoms with van der Waals surface area (Å²) in [6.45, 7) is 5.35. The first-order valence-electron chi connectivity index (χ1n) is 8.21. The zero-order chi connectivity index (χ0) is 14.9. The maximum absolute atomic E-state index is 12.7. The molecule has 0 radical (unpaired) electrons. The minimum Gasteiger partial charge on any atom is -0.321 e. The molecule has 1 aromatic heterocycles. The number of nitrogens with zero attached hydrogens (tertiary/aromatic N) is 1. The third-order valence-corrected chi connectivity index (χ3v) is 5.83. The van der Waals surface area contributed by atoms with Crippen molar-refractivity contribution in [3.05, 3.63) is 22.4 Å². The number of hydrogen-bond acceptors (Lipinski definition) is 3. The van der Waals surface area contributed by atoms with Crippen molar-refractivity contribution >= 4 is 17.2 Å². The minimum absolute atomic E-state index is 0.0120. The van der Waals surface area contributed by atoms with Gasteiger partial charge in [0.15, 0.2) is 0 Å². The van der Waals surface area contributed by atoms with Gasteiger partial charge in [0.25, 0.3) is 0 Å². The van der Waals surface area contributed by atoms with Gasteiger partial charge in [0, 0.05) is 6.54 Å². The van der Waals surface area contributed by atoms with E-state index in [0.29, 0.717) is 11.3 Å². The lowest BCUT2D eigenvalue weighted by molar-refractivity contribution is -0.132. The number of hydrogen-bond donors (Lipinski definition) is 1. The number of carbonyl (C=O) groups is 1. The fourth-order valence-electron chi connectivity index (χ4n) is 3.82. The SMILES string of the molecule is CCC1NC(c2ccsc2)N(CC2(C)CCCCC2)C1=O. The van der Waals surface area contributed by atoms with Crippen LogP contribution >= 0.6 is 11.3 Å². The Morgan fingerprint density at radius 2 is 2.14 bits per heavy atom. The second-order valence-corrected chi connectivity index (χ2v) is 7.70. The quantitative estimate of drug-likeness (QED) is 0.914. The van der Waals surface area contributed by atoms with Crippen molar-refractivity contribution < 1.29 is 4.79 Å². The summed E-state index contributed by atoms with van der Waals surface area (Å²) < 4.78 is 0. The predicted molar refractivity (Wildman–Crippen MR) is 87.2 cm³/mol. The molecule has 21 heavy (non-hydrogen) atoms. The van der Waals surface area contributed by atoms with E-state index in [1.807, 2.05) is 0 Å². The van der Waals surface area contributed by atoms with Gasteiger partial charge in [-0.1, -0.05) is 33.1 Å². The van der Waals surface area contributed by atoms with Gasteiger partial charge < -0.3 is 4.90 Å². The normalized spacial score (nSPS) is 29.0. The maximum Gasteiger partial charge on any atom is 0.241 e. The summed E-state index contributed by atoms with van der Waals surface area (Å²) in [5.41, 5.74) is 1.54. The zero-order valence-corrected chi connectivity index (χ0v) is 13.9. The van der Waals surface area contributed by atoms with Crippen LogP contribution in [0.25, 0.3) is 0 Å². The molecule has 2 fully saturated rings. The molecule has 1 saturated carbocycles. The number of nitrogens with one attached hydrogen (secondary N) is 1. The van der Waals surface area contributed by atoms with E-state index in [1.54, 1.807) is 11.3 Å². The Labute approximate surface area is 131 Å². The van der Waals surface area contributed by atoms with Crippen molar-refractivity contribution in [3.63, 3.8) is 0 Å². The molecule has 2 atom stereocenters. The lowest BCUT2D eigenvalue weighted by atomic mass is 9.75. The first-order valence-corrected chi connectivity index (χ1v) is 9.16.